The third-order valence-electron chi connectivity index (χ3n) is 8.33. The van der Waals surface area contributed by atoms with E-state index in [1.807, 2.05) is 0 Å². The van der Waals surface area contributed by atoms with Crippen molar-refractivity contribution in [2.24, 2.45) is 0 Å². The Labute approximate surface area is 227 Å². The summed E-state index contributed by atoms with van der Waals surface area (Å²) in [7, 11) is 0. The van der Waals surface area contributed by atoms with Crippen molar-refractivity contribution < 1.29 is 0 Å². The van der Waals surface area contributed by atoms with Crippen LogP contribution in [0, 0.1) is 13.8 Å². The van der Waals surface area contributed by atoms with Gasteiger partial charge in [0.15, 0.2) is 0 Å². The number of benzene rings is 6. The molecule has 0 heterocycles. The Morgan fingerprint density at radius 2 is 1.03 bits per heavy atom. The molecule has 0 bridgehead atoms. The zero-order valence-corrected chi connectivity index (χ0v) is 24.1. The fraction of sp³-hybridized carbons (Fsp3) is 0.263. The highest BCUT2D eigenvalue weighted by atomic mass is 14.3. The molecule has 0 fully saturated rings. The SMILES string of the molecule is Cc1ccccc1-c1c(C)cc2c(C(C)(C)C)cc3c(-c4ccccc4)ccc4c(C(C)(C)C)cc1c2c34. The maximum atomic E-state index is 2.52. The van der Waals surface area contributed by atoms with Crippen molar-refractivity contribution in [2.45, 2.75) is 66.2 Å². The van der Waals surface area contributed by atoms with Gasteiger partial charge in [-0.05, 0) is 114 Å². The minimum absolute atomic E-state index is 0.0139. The first-order valence-electron chi connectivity index (χ1n) is 13.9. The van der Waals surface area contributed by atoms with Crippen molar-refractivity contribution in [2.75, 3.05) is 0 Å². The molecule has 0 aliphatic rings. The van der Waals surface area contributed by atoms with E-state index in [2.05, 4.69) is 140 Å². The van der Waals surface area contributed by atoms with Gasteiger partial charge < -0.3 is 0 Å². The van der Waals surface area contributed by atoms with Crippen LogP contribution in [0.1, 0.15) is 63.8 Å². The van der Waals surface area contributed by atoms with Gasteiger partial charge >= 0.3 is 0 Å². The van der Waals surface area contributed by atoms with Crippen molar-refractivity contribution in [3.8, 4) is 22.3 Å². The number of hydrogen-bond donors (Lipinski definition) is 0. The van der Waals surface area contributed by atoms with E-state index in [0.29, 0.717) is 0 Å². The molecular weight excluding hydrogens is 456 g/mol. The van der Waals surface area contributed by atoms with Gasteiger partial charge in [0, 0.05) is 0 Å². The van der Waals surface area contributed by atoms with Crippen LogP contribution in [0.25, 0.3) is 54.6 Å². The Balaban J connectivity index is 1.94. The second-order valence-electron chi connectivity index (χ2n) is 13.2. The van der Waals surface area contributed by atoms with E-state index < -0.39 is 0 Å². The van der Waals surface area contributed by atoms with Crippen molar-refractivity contribution >= 4 is 32.3 Å². The molecule has 6 rings (SSSR count). The summed E-state index contributed by atoms with van der Waals surface area (Å²) < 4.78 is 0. The standard InChI is InChI=1S/C38H38/c1-23-14-12-13-17-26(23)34-24(2)20-30-33(38(6,7)8)21-29-27(25-15-10-9-11-16-25)18-19-28-32(37(3,4)5)22-31(34)36(30)35(28)29/h9-22H,1-8H3. The number of aryl methyl sites for hydroxylation is 2. The maximum absolute atomic E-state index is 2.52. The highest BCUT2D eigenvalue weighted by Gasteiger charge is 2.27. The minimum Gasteiger partial charge on any atom is -0.0622 e. The van der Waals surface area contributed by atoms with Crippen LogP contribution >= 0.6 is 0 Å². The Hall–Kier alpha value is -3.64. The molecule has 6 aromatic rings. The van der Waals surface area contributed by atoms with Crippen LogP contribution in [0.4, 0.5) is 0 Å². The molecule has 190 valence electrons. The normalized spacial score (nSPS) is 12.7. The largest absolute Gasteiger partial charge is 0.0622 e. The van der Waals surface area contributed by atoms with E-state index >= 15 is 0 Å². The Morgan fingerprint density at radius 1 is 0.447 bits per heavy atom. The predicted molar refractivity (Wildman–Crippen MR) is 168 cm³/mol. The lowest BCUT2D eigenvalue weighted by Gasteiger charge is -2.30. The highest BCUT2D eigenvalue weighted by molar-refractivity contribution is 6.29. The molecule has 0 aromatic heterocycles. The molecule has 38 heavy (non-hydrogen) atoms. The van der Waals surface area contributed by atoms with Crippen LogP contribution in [0.15, 0.2) is 84.9 Å². The van der Waals surface area contributed by atoms with Gasteiger partial charge in [0.1, 0.15) is 0 Å². The van der Waals surface area contributed by atoms with E-state index in [1.165, 1.54) is 76.8 Å². The van der Waals surface area contributed by atoms with Crippen LogP contribution in [-0.2, 0) is 10.8 Å². The number of hydrogen-bond acceptors (Lipinski definition) is 0. The third-order valence-corrected chi connectivity index (χ3v) is 8.33. The molecule has 0 unspecified atom stereocenters. The van der Waals surface area contributed by atoms with Gasteiger partial charge in [-0.2, -0.15) is 0 Å². The van der Waals surface area contributed by atoms with Crippen molar-refractivity contribution in [1.82, 2.24) is 0 Å². The zero-order chi connectivity index (χ0) is 27.0. The van der Waals surface area contributed by atoms with Crippen molar-refractivity contribution in [1.29, 1.82) is 0 Å². The van der Waals surface area contributed by atoms with Crippen LogP contribution < -0.4 is 0 Å². The lowest BCUT2D eigenvalue weighted by Crippen LogP contribution is -2.14. The lowest BCUT2D eigenvalue weighted by atomic mass is 9.74. The second kappa shape index (κ2) is 8.43. The predicted octanol–water partition coefficient (Wildman–Crippen LogP) is 11.1. The molecule has 0 N–H and O–H groups in total. The van der Waals surface area contributed by atoms with Crippen LogP contribution in [0.2, 0.25) is 0 Å². The monoisotopic (exact) mass is 494 g/mol. The summed E-state index contributed by atoms with van der Waals surface area (Å²) in [6.07, 6.45) is 0. The fourth-order valence-corrected chi connectivity index (χ4v) is 6.50. The highest BCUT2D eigenvalue weighted by Crippen LogP contribution is 2.49. The molecule has 6 aromatic carbocycles. The van der Waals surface area contributed by atoms with E-state index in [1.54, 1.807) is 0 Å². The van der Waals surface area contributed by atoms with Gasteiger partial charge in [0.25, 0.3) is 0 Å². The van der Waals surface area contributed by atoms with Gasteiger partial charge in [-0.1, -0.05) is 114 Å². The molecule has 0 saturated carbocycles. The Morgan fingerprint density at radius 3 is 1.68 bits per heavy atom. The van der Waals surface area contributed by atoms with Crippen molar-refractivity contribution in [3.05, 3.63) is 107 Å². The summed E-state index contributed by atoms with van der Waals surface area (Å²) in [6.45, 7) is 18.7. The van der Waals surface area contributed by atoms with Gasteiger partial charge in [0.05, 0.1) is 0 Å². The summed E-state index contributed by atoms with van der Waals surface area (Å²) in [6, 6.07) is 32.0. The summed E-state index contributed by atoms with van der Waals surface area (Å²) in [4.78, 5) is 0. The molecule has 0 aliphatic heterocycles. The summed E-state index contributed by atoms with van der Waals surface area (Å²) in [5.74, 6) is 0. The minimum atomic E-state index is 0.0139. The van der Waals surface area contributed by atoms with Gasteiger partial charge in [-0.15, -0.1) is 0 Å². The van der Waals surface area contributed by atoms with Crippen LogP contribution in [-0.4, -0.2) is 0 Å². The van der Waals surface area contributed by atoms with Crippen LogP contribution in [0.5, 0.6) is 0 Å². The molecule has 0 aliphatic carbocycles. The second-order valence-corrected chi connectivity index (χ2v) is 13.2. The molecule has 0 nitrogen and oxygen atoms in total. The molecule has 0 radical (unpaired) electrons. The zero-order valence-electron chi connectivity index (χ0n) is 24.1. The van der Waals surface area contributed by atoms with Crippen LogP contribution in [0.3, 0.4) is 0 Å². The number of rotatable bonds is 2. The van der Waals surface area contributed by atoms with E-state index in [0.717, 1.165) is 0 Å². The first kappa shape index (κ1) is 24.7. The Bertz CT molecular complexity index is 1820. The third kappa shape index (κ3) is 3.73. The first-order valence-corrected chi connectivity index (χ1v) is 13.9. The smallest absolute Gasteiger partial charge is 0.00170 e. The maximum Gasteiger partial charge on any atom is -0.00170 e. The molecular formula is C38H38. The molecule has 0 spiro atoms. The van der Waals surface area contributed by atoms with Gasteiger partial charge in [-0.3, -0.25) is 0 Å². The summed E-state index contributed by atoms with van der Waals surface area (Å²) in [5, 5.41) is 8.34. The van der Waals surface area contributed by atoms with E-state index in [9.17, 15) is 0 Å². The first-order chi connectivity index (χ1) is 18.0. The quantitative estimate of drug-likeness (QED) is 0.210. The fourth-order valence-electron chi connectivity index (χ4n) is 6.50. The van der Waals surface area contributed by atoms with Crippen molar-refractivity contribution in [3.63, 3.8) is 0 Å². The van der Waals surface area contributed by atoms with E-state index in [-0.39, 0.29) is 10.8 Å². The lowest BCUT2D eigenvalue weighted by molar-refractivity contribution is 0.595. The molecule has 0 amide bonds. The summed E-state index contributed by atoms with van der Waals surface area (Å²) >= 11 is 0. The molecule has 0 heteroatoms. The van der Waals surface area contributed by atoms with Gasteiger partial charge in [0.2, 0.25) is 0 Å². The topological polar surface area (TPSA) is 0 Å². The average molecular weight is 495 g/mol. The molecule has 0 saturated heterocycles. The van der Waals surface area contributed by atoms with Gasteiger partial charge in [-0.25, -0.2) is 0 Å². The summed E-state index contributed by atoms with van der Waals surface area (Å²) in [5.41, 5.74) is 10.8. The molecule has 0 atom stereocenters. The Kier molecular flexibility index (Phi) is 5.48. The average Bonchev–Trinajstić information content (AvgIpc) is 2.86. The van der Waals surface area contributed by atoms with E-state index in [4.69, 9.17) is 0 Å².